The molecule has 1 saturated heterocycles. The molecule has 4 atom stereocenters. The Morgan fingerprint density at radius 3 is 2.80 bits per heavy atom. The van der Waals surface area contributed by atoms with Gasteiger partial charge >= 0.3 is 0 Å². The van der Waals surface area contributed by atoms with E-state index in [1.807, 2.05) is 0 Å². The number of alkyl halides is 1. The standard InChI is InChI=1S/C14H15F2NO3/c1-3-4-9-12(8(15)5-11(19)17-9)14-13(16)7(2)10(6-18)20-14/h5,7,10,13-14,18H,6H2,1-2H3,(H,17,19)/t7?,10-,13+,14+/m1/s1. The van der Waals surface area contributed by atoms with Crippen LogP contribution in [0.3, 0.4) is 0 Å². The molecule has 2 heterocycles. The van der Waals surface area contributed by atoms with Gasteiger partial charge in [-0.3, -0.25) is 4.79 Å². The number of aliphatic hydroxyl groups is 1. The van der Waals surface area contributed by atoms with Gasteiger partial charge in [0.25, 0.3) is 5.56 Å². The van der Waals surface area contributed by atoms with E-state index in [9.17, 15) is 13.6 Å². The van der Waals surface area contributed by atoms with Gasteiger partial charge in [0.2, 0.25) is 0 Å². The predicted molar refractivity (Wildman–Crippen MR) is 68.3 cm³/mol. The second kappa shape index (κ2) is 5.73. The van der Waals surface area contributed by atoms with Gasteiger partial charge in [0.15, 0.2) is 0 Å². The van der Waals surface area contributed by atoms with Gasteiger partial charge in [0, 0.05) is 12.0 Å². The van der Waals surface area contributed by atoms with Crippen molar-refractivity contribution in [1.82, 2.24) is 4.98 Å². The minimum atomic E-state index is -1.48. The summed E-state index contributed by atoms with van der Waals surface area (Å²) in [6.45, 7) is 2.76. The molecule has 0 spiro atoms. The van der Waals surface area contributed by atoms with Gasteiger partial charge in [0.05, 0.1) is 18.3 Å². The fraction of sp³-hybridized carbons (Fsp3) is 0.500. The summed E-state index contributed by atoms with van der Waals surface area (Å²) in [5, 5.41) is 9.13. The van der Waals surface area contributed by atoms with E-state index in [0.717, 1.165) is 6.07 Å². The number of H-pyrrole nitrogens is 1. The van der Waals surface area contributed by atoms with Crippen LogP contribution in [0.15, 0.2) is 10.9 Å². The van der Waals surface area contributed by atoms with Crippen LogP contribution in [0.2, 0.25) is 0 Å². The van der Waals surface area contributed by atoms with Crippen molar-refractivity contribution in [2.24, 2.45) is 5.92 Å². The third-order valence-electron chi connectivity index (χ3n) is 3.45. The van der Waals surface area contributed by atoms with Crippen molar-refractivity contribution in [1.29, 1.82) is 0 Å². The summed E-state index contributed by atoms with van der Waals surface area (Å²) in [4.78, 5) is 13.7. The first-order chi connectivity index (χ1) is 9.49. The van der Waals surface area contributed by atoms with E-state index < -0.39 is 35.7 Å². The zero-order valence-electron chi connectivity index (χ0n) is 11.1. The topological polar surface area (TPSA) is 62.3 Å². The first-order valence-electron chi connectivity index (χ1n) is 6.25. The molecule has 1 aliphatic rings. The van der Waals surface area contributed by atoms with Gasteiger partial charge in [-0.25, -0.2) is 8.78 Å². The molecule has 0 radical (unpaired) electrons. The van der Waals surface area contributed by atoms with Crippen molar-refractivity contribution in [3.63, 3.8) is 0 Å². The van der Waals surface area contributed by atoms with Crippen LogP contribution in [0, 0.1) is 23.6 Å². The van der Waals surface area contributed by atoms with Gasteiger partial charge in [-0.1, -0.05) is 12.8 Å². The molecule has 0 amide bonds. The fourth-order valence-electron chi connectivity index (χ4n) is 2.35. The van der Waals surface area contributed by atoms with E-state index in [2.05, 4.69) is 16.8 Å². The molecule has 1 aromatic heterocycles. The first kappa shape index (κ1) is 14.7. The SMILES string of the molecule is CC#Cc1[nH]c(=O)cc(F)c1[C@@H]1O[C@H](CO)C(C)[C@@H]1F. The molecule has 1 aromatic rings. The minimum absolute atomic E-state index is 0.0101. The summed E-state index contributed by atoms with van der Waals surface area (Å²) < 4.78 is 33.7. The second-order valence-corrected chi connectivity index (χ2v) is 4.73. The summed E-state index contributed by atoms with van der Waals surface area (Å²) in [6.07, 6.45) is -3.37. The molecule has 2 N–H and O–H groups in total. The van der Waals surface area contributed by atoms with E-state index in [1.54, 1.807) is 6.92 Å². The lowest BCUT2D eigenvalue weighted by atomic mass is 9.95. The van der Waals surface area contributed by atoms with Crippen LogP contribution in [0.5, 0.6) is 0 Å². The lowest BCUT2D eigenvalue weighted by molar-refractivity contribution is -0.00635. The third kappa shape index (κ3) is 2.47. The minimum Gasteiger partial charge on any atom is -0.394 e. The smallest absolute Gasteiger partial charge is 0.251 e. The highest BCUT2D eigenvalue weighted by molar-refractivity contribution is 5.38. The number of halogens is 2. The van der Waals surface area contributed by atoms with Crippen molar-refractivity contribution >= 4 is 0 Å². The monoisotopic (exact) mass is 283 g/mol. The molecule has 1 fully saturated rings. The van der Waals surface area contributed by atoms with Gasteiger partial charge in [-0.2, -0.15) is 0 Å². The Bertz CT molecular complexity index is 617. The molecule has 0 aromatic carbocycles. The Hall–Kier alpha value is -1.71. The van der Waals surface area contributed by atoms with Crippen LogP contribution >= 0.6 is 0 Å². The molecule has 1 unspecified atom stereocenters. The maximum Gasteiger partial charge on any atom is 0.251 e. The van der Waals surface area contributed by atoms with Gasteiger partial charge in [-0.05, 0) is 12.8 Å². The lowest BCUT2D eigenvalue weighted by Gasteiger charge is -2.16. The largest absolute Gasteiger partial charge is 0.394 e. The van der Waals surface area contributed by atoms with Crippen LogP contribution in [-0.4, -0.2) is 29.0 Å². The van der Waals surface area contributed by atoms with Crippen LogP contribution in [0.4, 0.5) is 8.78 Å². The van der Waals surface area contributed by atoms with Crippen molar-refractivity contribution in [3.8, 4) is 11.8 Å². The number of hydrogen-bond donors (Lipinski definition) is 2. The quantitative estimate of drug-likeness (QED) is 0.804. The lowest BCUT2D eigenvalue weighted by Crippen LogP contribution is -2.21. The molecule has 6 heteroatoms. The fourth-order valence-corrected chi connectivity index (χ4v) is 2.35. The van der Waals surface area contributed by atoms with Crippen LogP contribution < -0.4 is 5.56 Å². The number of ether oxygens (including phenoxy) is 1. The predicted octanol–water partition coefficient (Wildman–Crippen LogP) is 1.29. The summed E-state index contributed by atoms with van der Waals surface area (Å²) in [5.74, 6) is 3.66. The van der Waals surface area contributed by atoms with E-state index >= 15 is 0 Å². The van der Waals surface area contributed by atoms with Crippen LogP contribution in [-0.2, 0) is 4.74 Å². The van der Waals surface area contributed by atoms with Crippen molar-refractivity contribution in [2.75, 3.05) is 6.61 Å². The number of nitrogens with one attached hydrogen (secondary N) is 1. The molecule has 20 heavy (non-hydrogen) atoms. The summed E-state index contributed by atoms with van der Waals surface area (Å²) >= 11 is 0. The van der Waals surface area contributed by atoms with Gasteiger partial charge in [0.1, 0.15) is 23.8 Å². The molecule has 0 aliphatic carbocycles. The van der Waals surface area contributed by atoms with E-state index in [-0.39, 0.29) is 17.9 Å². The molecule has 1 aliphatic heterocycles. The van der Waals surface area contributed by atoms with Crippen LogP contribution in [0.25, 0.3) is 0 Å². The average Bonchev–Trinajstić information content (AvgIpc) is 2.66. The molecule has 2 rings (SSSR count). The molecular formula is C14H15F2NO3. The van der Waals surface area contributed by atoms with Crippen molar-refractivity contribution in [2.45, 2.75) is 32.2 Å². The first-order valence-corrected chi connectivity index (χ1v) is 6.25. The maximum absolute atomic E-state index is 14.3. The molecule has 108 valence electrons. The van der Waals surface area contributed by atoms with E-state index in [4.69, 9.17) is 9.84 Å². The Labute approximate surface area is 114 Å². The highest BCUT2D eigenvalue weighted by atomic mass is 19.1. The summed E-state index contributed by atoms with van der Waals surface area (Å²) in [7, 11) is 0. The van der Waals surface area contributed by atoms with Gasteiger partial charge < -0.3 is 14.8 Å². The molecule has 0 saturated carbocycles. The Balaban J connectivity index is 2.52. The Morgan fingerprint density at radius 1 is 1.55 bits per heavy atom. The Kier molecular flexibility index (Phi) is 4.21. The molecular weight excluding hydrogens is 268 g/mol. The zero-order chi connectivity index (χ0) is 14.9. The number of hydrogen-bond acceptors (Lipinski definition) is 3. The number of aromatic amines is 1. The molecule has 0 bridgehead atoms. The van der Waals surface area contributed by atoms with Crippen molar-refractivity contribution in [3.05, 3.63) is 33.5 Å². The van der Waals surface area contributed by atoms with Crippen molar-refractivity contribution < 1.29 is 18.6 Å². The number of aliphatic hydroxyl groups excluding tert-OH is 1. The maximum atomic E-state index is 14.3. The number of aromatic nitrogens is 1. The number of pyridine rings is 1. The van der Waals surface area contributed by atoms with E-state index in [0.29, 0.717) is 0 Å². The number of rotatable bonds is 2. The highest BCUT2D eigenvalue weighted by Gasteiger charge is 2.44. The van der Waals surface area contributed by atoms with Gasteiger partial charge in [-0.15, -0.1) is 0 Å². The van der Waals surface area contributed by atoms with E-state index in [1.165, 1.54) is 6.92 Å². The summed E-state index contributed by atoms with van der Waals surface area (Å²) in [5.41, 5.74) is -0.741. The summed E-state index contributed by atoms with van der Waals surface area (Å²) in [6, 6.07) is 0.739. The zero-order valence-corrected chi connectivity index (χ0v) is 11.1. The third-order valence-corrected chi connectivity index (χ3v) is 3.45. The normalized spacial score (nSPS) is 29.1. The average molecular weight is 283 g/mol. The highest BCUT2D eigenvalue weighted by Crippen LogP contribution is 2.40. The molecule has 4 nitrogen and oxygen atoms in total. The Morgan fingerprint density at radius 2 is 2.25 bits per heavy atom. The van der Waals surface area contributed by atoms with Crippen LogP contribution in [0.1, 0.15) is 31.2 Å². The second-order valence-electron chi connectivity index (χ2n) is 4.73.